The Morgan fingerprint density at radius 2 is 1.77 bits per heavy atom. The van der Waals surface area contributed by atoms with E-state index in [2.05, 4.69) is 14.8 Å². The molecule has 2 N–H and O–H groups in total. The summed E-state index contributed by atoms with van der Waals surface area (Å²) in [5.41, 5.74) is 0.254. The molecular weight excluding hydrogens is 359 g/mol. The number of benzene rings is 1. The van der Waals surface area contributed by atoms with Gasteiger partial charge in [-0.3, -0.25) is 19.8 Å². The average molecular weight is 377 g/mol. The van der Waals surface area contributed by atoms with Crippen LogP contribution < -0.4 is 15.4 Å². The van der Waals surface area contributed by atoms with Gasteiger partial charge in [0.25, 0.3) is 0 Å². The molecule has 11 heteroatoms. The third-order valence-corrected chi connectivity index (χ3v) is 3.22. The number of anilines is 1. The molecule has 1 atom stereocenters. The summed E-state index contributed by atoms with van der Waals surface area (Å²) in [4.78, 5) is 36.1. The van der Waals surface area contributed by atoms with E-state index in [9.17, 15) is 27.6 Å². The smallest absolute Gasteiger partial charge is 0.453 e. The molecule has 0 aliphatic rings. The molecule has 144 valence electrons. The maximum absolute atomic E-state index is 12.1. The molecule has 1 aromatic carbocycles. The molecule has 26 heavy (non-hydrogen) atoms. The van der Waals surface area contributed by atoms with E-state index in [1.807, 2.05) is 5.32 Å². The van der Waals surface area contributed by atoms with Gasteiger partial charge in [-0.05, 0) is 38.2 Å². The van der Waals surface area contributed by atoms with Crippen LogP contribution in [0.25, 0.3) is 0 Å². The fraction of sp³-hybridized carbons (Fsp3) is 0.400. The van der Waals surface area contributed by atoms with Gasteiger partial charge in [-0.1, -0.05) is 0 Å². The normalized spacial score (nSPS) is 12.3. The Kier molecular flexibility index (Phi) is 7.38. The van der Waals surface area contributed by atoms with Crippen LogP contribution in [0.5, 0.6) is 5.75 Å². The molecule has 3 amide bonds. The molecule has 0 aliphatic heterocycles. The number of methoxy groups -OCH3 is 1. The van der Waals surface area contributed by atoms with Gasteiger partial charge in [-0.25, -0.2) is 4.79 Å². The molecule has 1 aromatic rings. The molecule has 0 bridgehead atoms. The van der Waals surface area contributed by atoms with E-state index >= 15 is 0 Å². The highest BCUT2D eigenvalue weighted by molar-refractivity contribution is 5.96. The van der Waals surface area contributed by atoms with Crippen molar-refractivity contribution in [3.63, 3.8) is 0 Å². The number of likely N-dealkylation sites (N-methyl/N-ethyl adjacent to an activating group) is 1. The van der Waals surface area contributed by atoms with Crippen molar-refractivity contribution in [2.75, 3.05) is 26.0 Å². The number of hydrogen-bond donors (Lipinski definition) is 2. The predicted octanol–water partition coefficient (Wildman–Crippen LogP) is 1.73. The SMILES string of the molecule is COC(=O)NC(=O)[C@@H](C)N(C)CC(=O)Nc1ccc(OC(F)(F)F)cc1. The number of alkyl carbamates (subject to hydrolysis) is 1. The van der Waals surface area contributed by atoms with Crippen LogP contribution in [0.3, 0.4) is 0 Å². The van der Waals surface area contributed by atoms with Crippen LogP contribution in [0.4, 0.5) is 23.7 Å². The van der Waals surface area contributed by atoms with Gasteiger partial charge < -0.3 is 14.8 Å². The number of halogens is 3. The average Bonchev–Trinajstić information content (AvgIpc) is 2.54. The van der Waals surface area contributed by atoms with Crippen molar-refractivity contribution in [2.24, 2.45) is 0 Å². The van der Waals surface area contributed by atoms with Crippen LogP contribution in [-0.2, 0) is 14.3 Å². The van der Waals surface area contributed by atoms with Gasteiger partial charge in [-0.2, -0.15) is 0 Å². The maximum atomic E-state index is 12.1. The van der Waals surface area contributed by atoms with Crippen LogP contribution >= 0.6 is 0 Å². The summed E-state index contributed by atoms with van der Waals surface area (Å²) in [5.74, 6) is -1.57. The summed E-state index contributed by atoms with van der Waals surface area (Å²) in [7, 11) is 2.59. The number of amides is 3. The molecule has 0 heterocycles. The highest BCUT2D eigenvalue weighted by Crippen LogP contribution is 2.23. The number of nitrogens with zero attached hydrogens (tertiary/aromatic N) is 1. The topological polar surface area (TPSA) is 97.0 Å². The van der Waals surface area contributed by atoms with Gasteiger partial charge in [-0.15, -0.1) is 13.2 Å². The second-order valence-electron chi connectivity index (χ2n) is 5.19. The van der Waals surface area contributed by atoms with Crippen molar-refractivity contribution in [1.29, 1.82) is 0 Å². The Morgan fingerprint density at radius 1 is 1.19 bits per heavy atom. The molecule has 8 nitrogen and oxygen atoms in total. The van der Waals surface area contributed by atoms with E-state index in [0.717, 1.165) is 19.2 Å². The molecule has 0 aromatic heterocycles. The molecule has 0 saturated heterocycles. The van der Waals surface area contributed by atoms with E-state index < -0.39 is 36.1 Å². The minimum absolute atomic E-state index is 0.198. The number of nitrogens with one attached hydrogen (secondary N) is 2. The van der Waals surface area contributed by atoms with E-state index in [1.54, 1.807) is 0 Å². The fourth-order valence-corrected chi connectivity index (χ4v) is 1.76. The molecule has 0 fully saturated rings. The van der Waals surface area contributed by atoms with Crippen LogP contribution in [0, 0.1) is 0 Å². The van der Waals surface area contributed by atoms with Gasteiger partial charge >= 0.3 is 12.5 Å². The van der Waals surface area contributed by atoms with Gasteiger partial charge in [0.05, 0.1) is 19.7 Å². The first-order chi connectivity index (χ1) is 12.0. The molecule has 0 unspecified atom stereocenters. The number of ether oxygens (including phenoxy) is 2. The van der Waals surface area contributed by atoms with Crippen molar-refractivity contribution in [2.45, 2.75) is 19.3 Å². The van der Waals surface area contributed by atoms with E-state index in [-0.39, 0.29) is 12.2 Å². The lowest BCUT2D eigenvalue weighted by Gasteiger charge is -2.22. The monoisotopic (exact) mass is 377 g/mol. The lowest BCUT2D eigenvalue weighted by molar-refractivity contribution is -0.274. The number of hydrogen-bond acceptors (Lipinski definition) is 6. The highest BCUT2D eigenvalue weighted by Gasteiger charge is 2.31. The van der Waals surface area contributed by atoms with Crippen LogP contribution in [-0.4, -0.2) is 55.9 Å². The van der Waals surface area contributed by atoms with Crippen LogP contribution in [0.1, 0.15) is 6.92 Å². The van der Waals surface area contributed by atoms with E-state index in [1.165, 1.54) is 31.0 Å². The van der Waals surface area contributed by atoms with Crippen molar-refractivity contribution < 1.29 is 37.0 Å². The molecule has 1 rings (SSSR count). The zero-order valence-corrected chi connectivity index (χ0v) is 14.2. The van der Waals surface area contributed by atoms with Crippen molar-refractivity contribution in [3.8, 4) is 5.75 Å². The predicted molar refractivity (Wildman–Crippen MR) is 84.4 cm³/mol. The van der Waals surface area contributed by atoms with Gasteiger partial charge in [0.2, 0.25) is 11.8 Å². The summed E-state index contributed by atoms with van der Waals surface area (Å²) in [6, 6.07) is 3.79. The zero-order valence-electron chi connectivity index (χ0n) is 14.2. The number of carbonyl (C=O) groups is 3. The quantitative estimate of drug-likeness (QED) is 0.784. The summed E-state index contributed by atoms with van der Waals surface area (Å²) in [6.07, 6.45) is -5.71. The first-order valence-corrected chi connectivity index (χ1v) is 7.26. The second kappa shape index (κ2) is 9.04. The Balaban J connectivity index is 2.55. The Bertz CT molecular complexity index is 649. The maximum Gasteiger partial charge on any atom is 0.573 e. The van der Waals surface area contributed by atoms with Crippen LogP contribution in [0.2, 0.25) is 0 Å². The van der Waals surface area contributed by atoms with Gasteiger partial charge in [0, 0.05) is 5.69 Å². The Morgan fingerprint density at radius 3 is 2.27 bits per heavy atom. The summed E-state index contributed by atoms with van der Waals surface area (Å²) < 4.78 is 44.3. The molecule has 0 saturated carbocycles. The van der Waals surface area contributed by atoms with E-state index in [0.29, 0.717) is 0 Å². The second-order valence-corrected chi connectivity index (χ2v) is 5.19. The summed E-state index contributed by atoms with van der Waals surface area (Å²) in [6.45, 7) is 1.28. The minimum atomic E-state index is -4.80. The fourth-order valence-electron chi connectivity index (χ4n) is 1.76. The minimum Gasteiger partial charge on any atom is -0.453 e. The Hall–Kier alpha value is -2.82. The first kappa shape index (κ1) is 21.2. The molecule has 0 spiro atoms. The molecule has 0 aliphatic carbocycles. The summed E-state index contributed by atoms with van der Waals surface area (Å²) in [5, 5.41) is 4.45. The van der Waals surface area contributed by atoms with Crippen molar-refractivity contribution in [1.82, 2.24) is 10.2 Å². The standard InChI is InChI=1S/C15H18F3N3O5/c1-9(13(23)20-14(24)25-3)21(2)8-12(22)19-10-4-6-11(7-5-10)26-15(16,17)18/h4-7,9H,8H2,1-3H3,(H,19,22)(H,20,23,24)/t9-/m1/s1. The highest BCUT2D eigenvalue weighted by atomic mass is 19.4. The molecule has 0 radical (unpaired) electrons. The van der Waals surface area contributed by atoms with E-state index in [4.69, 9.17) is 0 Å². The third-order valence-electron chi connectivity index (χ3n) is 3.22. The van der Waals surface area contributed by atoms with Gasteiger partial charge in [0.15, 0.2) is 0 Å². The summed E-state index contributed by atoms with van der Waals surface area (Å²) >= 11 is 0. The zero-order chi connectivity index (χ0) is 19.9. The lowest BCUT2D eigenvalue weighted by Crippen LogP contribution is -2.47. The largest absolute Gasteiger partial charge is 0.573 e. The number of alkyl halides is 3. The number of carbonyl (C=O) groups excluding carboxylic acids is 3. The lowest BCUT2D eigenvalue weighted by atomic mass is 10.2. The van der Waals surface area contributed by atoms with Gasteiger partial charge in [0.1, 0.15) is 5.75 Å². The molecular formula is C15H18F3N3O5. The Labute approximate surface area is 147 Å². The number of imide groups is 1. The third kappa shape index (κ3) is 7.38. The van der Waals surface area contributed by atoms with Crippen LogP contribution in [0.15, 0.2) is 24.3 Å². The number of rotatable bonds is 6. The van der Waals surface area contributed by atoms with Crippen molar-refractivity contribution >= 4 is 23.6 Å². The van der Waals surface area contributed by atoms with Crippen molar-refractivity contribution in [3.05, 3.63) is 24.3 Å². The first-order valence-electron chi connectivity index (χ1n) is 7.26.